The quantitative estimate of drug-likeness (QED) is 0.806. The number of hydrogen-bond acceptors (Lipinski definition) is 4. The minimum absolute atomic E-state index is 0.0492. The zero-order valence-corrected chi connectivity index (χ0v) is 9.57. The largest absolute Gasteiger partial charge is 0.328 e. The third kappa shape index (κ3) is 4.90. The van der Waals surface area contributed by atoms with E-state index >= 15 is 0 Å². The van der Waals surface area contributed by atoms with Crippen molar-refractivity contribution in [3.63, 3.8) is 0 Å². The minimum atomic E-state index is -3.05. The fourth-order valence-electron chi connectivity index (χ4n) is 1.18. The average Bonchev–Trinajstić information content (AvgIpc) is 2.16. The lowest BCUT2D eigenvalue weighted by atomic mass is 10.3. The highest BCUT2D eigenvalue weighted by Gasteiger charge is 2.12. The molecule has 15 heavy (non-hydrogen) atoms. The summed E-state index contributed by atoms with van der Waals surface area (Å²) in [5.74, 6) is 0.188. The van der Waals surface area contributed by atoms with E-state index in [0.717, 1.165) is 5.56 Å². The van der Waals surface area contributed by atoms with Gasteiger partial charge < -0.3 is 5.73 Å². The molecule has 0 aromatic carbocycles. The maximum atomic E-state index is 11.6. The zero-order chi connectivity index (χ0) is 11.3. The van der Waals surface area contributed by atoms with Gasteiger partial charge in [-0.1, -0.05) is 6.07 Å². The fourth-order valence-corrected chi connectivity index (χ4v) is 2.73. The van der Waals surface area contributed by atoms with Crippen LogP contribution in [0.5, 0.6) is 0 Å². The molecule has 1 aromatic heterocycles. The molecule has 0 amide bonds. The molecule has 0 bridgehead atoms. The number of aromatic nitrogens is 1. The van der Waals surface area contributed by atoms with Gasteiger partial charge in [0.05, 0.1) is 11.5 Å². The van der Waals surface area contributed by atoms with Gasteiger partial charge in [-0.3, -0.25) is 4.98 Å². The summed E-state index contributed by atoms with van der Waals surface area (Å²) >= 11 is 0. The van der Waals surface area contributed by atoms with Crippen LogP contribution in [-0.4, -0.2) is 25.2 Å². The lowest BCUT2D eigenvalue weighted by Crippen LogP contribution is -2.20. The zero-order valence-electron chi connectivity index (χ0n) is 8.76. The van der Waals surface area contributed by atoms with Crippen LogP contribution in [0.2, 0.25) is 0 Å². The molecule has 1 heterocycles. The van der Waals surface area contributed by atoms with E-state index < -0.39 is 9.84 Å². The second-order valence-electron chi connectivity index (χ2n) is 3.72. The number of rotatable bonds is 5. The summed E-state index contributed by atoms with van der Waals surface area (Å²) in [6, 6.07) is 3.42. The Balaban J connectivity index is 2.57. The molecular formula is C10H16N2O2S. The molecule has 0 aliphatic rings. The van der Waals surface area contributed by atoms with Crippen molar-refractivity contribution in [3.05, 3.63) is 30.1 Å². The van der Waals surface area contributed by atoms with Gasteiger partial charge in [0.15, 0.2) is 9.84 Å². The highest BCUT2D eigenvalue weighted by atomic mass is 32.2. The van der Waals surface area contributed by atoms with E-state index in [4.69, 9.17) is 5.73 Å². The molecule has 0 aliphatic heterocycles. The first kappa shape index (κ1) is 12.1. The van der Waals surface area contributed by atoms with Gasteiger partial charge in [0.25, 0.3) is 0 Å². The molecular weight excluding hydrogens is 212 g/mol. The molecule has 0 aliphatic carbocycles. The SMILES string of the molecule is CC(N)CCS(=O)(=O)Cc1cccnc1. The molecule has 0 saturated carbocycles. The van der Waals surface area contributed by atoms with Gasteiger partial charge in [0, 0.05) is 18.4 Å². The Morgan fingerprint density at radius 3 is 2.80 bits per heavy atom. The molecule has 1 rings (SSSR count). The predicted octanol–water partition coefficient (Wildman–Crippen LogP) is 0.734. The van der Waals surface area contributed by atoms with Gasteiger partial charge >= 0.3 is 0 Å². The third-order valence-electron chi connectivity index (χ3n) is 1.99. The fraction of sp³-hybridized carbons (Fsp3) is 0.500. The summed E-state index contributed by atoms with van der Waals surface area (Å²) in [5, 5.41) is 0. The number of sulfone groups is 1. The van der Waals surface area contributed by atoms with Crippen LogP contribution in [0.3, 0.4) is 0 Å². The smallest absolute Gasteiger partial charge is 0.154 e. The minimum Gasteiger partial charge on any atom is -0.328 e. The molecule has 84 valence electrons. The molecule has 4 nitrogen and oxygen atoms in total. The summed E-state index contributed by atoms with van der Waals surface area (Å²) in [6.07, 6.45) is 3.70. The highest BCUT2D eigenvalue weighted by molar-refractivity contribution is 7.90. The van der Waals surface area contributed by atoms with Crippen LogP contribution in [0.4, 0.5) is 0 Å². The van der Waals surface area contributed by atoms with Gasteiger partial charge in [-0.2, -0.15) is 0 Å². The maximum Gasteiger partial charge on any atom is 0.154 e. The van der Waals surface area contributed by atoms with Crippen molar-refractivity contribution >= 4 is 9.84 Å². The van der Waals surface area contributed by atoms with Gasteiger partial charge in [-0.15, -0.1) is 0 Å². The normalized spacial score (nSPS) is 13.7. The summed E-state index contributed by atoms with van der Waals surface area (Å²) in [4.78, 5) is 3.87. The Kier molecular flexibility index (Phi) is 4.23. The summed E-state index contributed by atoms with van der Waals surface area (Å²) in [7, 11) is -3.05. The van der Waals surface area contributed by atoms with E-state index in [1.54, 1.807) is 31.5 Å². The number of pyridine rings is 1. The van der Waals surface area contributed by atoms with E-state index in [-0.39, 0.29) is 17.5 Å². The Bertz CT molecular complexity index is 387. The summed E-state index contributed by atoms with van der Waals surface area (Å²) < 4.78 is 23.2. The van der Waals surface area contributed by atoms with Gasteiger partial charge in [-0.05, 0) is 25.0 Å². The lowest BCUT2D eigenvalue weighted by molar-refractivity contribution is 0.586. The van der Waals surface area contributed by atoms with Gasteiger partial charge in [0.1, 0.15) is 0 Å². The summed E-state index contributed by atoms with van der Waals surface area (Å²) in [6.45, 7) is 1.81. The molecule has 1 unspecified atom stereocenters. The first-order valence-electron chi connectivity index (χ1n) is 4.84. The van der Waals surface area contributed by atoms with Crippen molar-refractivity contribution in [2.75, 3.05) is 5.75 Å². The molecule has 1 atom stereocenters. The van der Waals surface area contributed by atoms with Crippen molar-refractivity contribution in [1.29, 1.82) is 0 Å². The van der Waals surface area contributed by atoms with Crippen LogP contribution >= 0.6 is 0 Å². The number of nitrogens with zero attached hydrogens (tertiary/aromatic N) is 1. The van der Waals surface area contributed by atoms with Crippen LogP contribution in [0, 0.1) is 0 Å². The number of hydrogen-bond donors (Lipinski definition) is 1. The molecule has 0 fully saturated rings. The highest BCUT2D eigenvalue weighted by Crippen LogP contribution is 2.06. The van der Waals surface area contributed by atoms with Crippen molar-refractivity contribution in [2.24, 2.45) is 5.73 Å². The van der Waals surface area contributed by atoms with Crippen LogP contribution in [0.1, 0.15) is 18.9 Å². The Morgan fingerprint density at radius 1 is 1.53 bits per heavy atom. The lowest BCUT2D eigenvalue weighted by Gasteiger charge is -2.06. The van der Waals surface area contributed by atoms with Crippen molar-refractivity contribution in [1.82, 2.24) is 4.98 Å². The third-order valence-corrected chi connectivity index (χ3v) is 3.62. The summed E-state index contributed by atoms with van der Waals surface area (Å²) in [5.41, 5.74) is 6.24. The molecule has 0 saturated heterocycles. The van der Waals surface area contributed by atoms with Crippen LogP contribution in [-0.2, 0) is 15.6 Å². The van der Waals surface area contributed by atoms with Gasteiger partial charge in [0.2, 0.25) is 0 Å². The molecule has 0 radical (unpaired) electrons. The van der Waals surface area contributed by atoms with E-state index in [1.165, 1.54) is 0 Å². The Hall–Kier alpha value is -0.940. The maximum absolute atomic E-state index is 11.6. The average molecular weight is 228 g/mol. The molecule has 0 spiro atoms. The van der Waals surface area contributed by atoms with E-state index in [9.17, 15) is 8.42 Å². The molecule has 5 heteroatoms. The van der Waals surface area contributed by atoms with Crippen molar-refractivity contribution in [3.8, 4) is 0 Å². The first-order valence-corrected chi connectivity index (χ1v) is 6.66. The standard InChI is InChI=1S/C10H16N2O2S/c1-9(11)4-6-15(13,14)8-10-3-2-5-12-7-10/h2-3,5,7,9H,4,6,8,11H2,1H3. The topological polar surface area (TPSA) is 73.1 Å². The first-order chi connectivity index (χ1) is 6.99. The molecule has 2 N–H and O–H groups in total. The van der Waals surface area contributed by atoms with Crippen molar-refractivity contribution < 1.29 is 8.42 Å². The monoisotopic (exact) mass is 228 g/mol. The van der Waals surface area contributed by atoms with E-state index in [0.29, 0.717) is 6.42 Å². The van der Waals surface area contributed by atoms with Crippen LogP contribution in [0.15, 0.2) is 24.5 Å². The second kappa shape index (κ2) is 5.23. The van der Waals surface area contributed by atoms with Crippen molar-refractivity contribution in [2.45, 2.75) is 25.1 Å². The molecule has 1 aromatic rings. The van der Waals surface area contributed by atoms with Crippen LogP contribution < -0.4 is 5.73 Å². The number of nitrogens with two attached hydrogens (primary N) is 1. The van der Waals surface area contributed by atoms with E-state index in [1.807, 2.05) is 0 Å². The van der Waals surface area contributed by atoms with Crippen LogP contribution in [0.25, 0.3) is 0 Å². The Morgan fingerprint density at radius 2 is 2.27 bits per heavy atom. The predicted molar refractivity (Wildman–Crippen MR) is 60.0 cm³/mol. The van der Waals surface area contributed by atoms with Gasteiger partial charge in [-0.25, -0.2) is 8.42 Å². The Labute approximate surface area is 90.4 Å². The van der Waals surface area contributed by atoms with E-state index in [2.05, 4.69) is 4.98 Å². The second-order valence-corrected chi connectivity index (χ2v) is 5.90.